The van der Waals surface area contributed by atoms with Gasteiger partial charge in [-0.15, -0.1) is 0 Å². The summed E-state index contributed by atoms with van der Waals surface area (Å²) in [6, 6.07) is 17.9. The van der Waals surface area contributed by atoms with Crippen molar-refractivity contribution >= 4 is 23.2 Å². The third-order valence-corrected chi connectivity index (χ3v) is 4.59. The molecule has 3 aromatic rings. The molecule has 0 bridgehead atoms. The van der Waals surface area contributed by atoms with Crippen LogP contribution in [0.2, 0.25) is 0 Å². The molecule has 1 aliphatic heterocycles. The van der Waals surface area contributed by atoms with Crippen molar-refractivity contribution in [3.05, 3.63) is 78.1 Å². The van der Waals surface area contributed by atoms with Gasteiger partial charge in [0.15, 0.2) is 12.4 Å². The van der Waals surface area contributed by atoms with Gasteiger partial charge in [-0.25, -0.2) is 4.57 Å². The van der Waals surface area contributed by atoms with E-state index >= 15 is 0 Å². The normalized spacial score (nSPS) is 14.1. The molecule has 27 heavy (non-hydrogen) atoms. The minimum atomic E-state index is -0.0907. The van der Waals surface area contributed by atoms with Crippen molar-refractivity contribution < 1.29 is 14.1 Å². The smallest absolute Gasteiger partial charge is 0.256 e. The molecule has 1 aliphatic rings. The molecule has 0 radical (unpaired) electrons. The highest BCUT2D eigenvalue weighted by Gasteiger charge is 2.25. The van der Waals surface area contributed by atoms with E-state index in [1.165, 1.54) is 0 Å². The molecule has 134 valence electrons. The van der Waals surface area contributed by atoms with Crippen LogP contribution < -0.4 is 14.6 Å². The monoisotopic (exact) mass is 357 g/mol. The summed E-state index contributed by atoms with van der Waals surface area (Å²) < 4.78 is 7.69. The fraction of sp³-hybridized carbons (Fsp3) is 0.130. The number of aromatic nitrogens is 1. The number of hydrogen-bond donors (Lipinski definition) is 1. The van der Waals surface area contributed by atoms with Gasteiger partial charge in [0.2, 0.25) is 0 Å². The predicted octanol–water partition coefficient (Wildman–Crippen LogP) is 4.07. The number of anilines is 1. The lowest BCUT2D eigenvalue weighted by Crippen LogP contribution is -2.26. The lowest BCUT2D eigenvalue weighted by molar-refractivity contribution is -0.671. The van der Waals surface area contributed by atoms with Crippen molar-refractivity contribution in [1.29, 1.82) is 0 Å². The zero-order valence-corrected chi connectivity index (χ0v) is 15.4. The number of amides is 1. The van der Waals surface area contributed by atoms with Crippen LogP contribution in [0.3, 0.4) is 0 Å². The van der Waals surface area contributed by atoms with Crippen LogP contribution >= 0.6 is 0 Å². The van der Waals surface area contributed by atoms with Crippen molar-refractivity contribution in [2.75, 3.05) is 11.9 Å². The number of carbonyl (C=O) groups excluding carboxylic acids is 1. The van der Waals surface area contributed by atoms with Gasteiger partial charge < -0.3 is 10.1 Å². The Morgan fingerprint density at radius 1 is 1.07 bits per heavy atom. The molecule has 4 heteroatoms. The Kier molecular flexibility index (Phi) is 4.47. The van der Waals surface area contributed by atoms with E-state index in [4.69, 9.17) is 4.74 Å². The molecule has 4 rings (SSSR count). The molecule has 2 heterocycles. The van der Waals surface area contributed by atoms with Crippen LogP contribution in [0.1, 0.15) is 18.1 Å². The van der Waals surface area contributed by atoms with Gasteiger partial charge in [-0.3, -0.25) is 4.79 Å². The maximum Gasteiger partial charge on any atom is 0.256 e. The molecule has 1 amide bonds. The third-order valence-electron chi connectivity index (χ3n) is 4.59. The first-order valence-corrected chi connectivity index (χ1v) is 9.00. The Morgan fingerprint density at radius 2 is 1.93 bits per heavy atom. The topological polar surface area (TPSA) is 42.2 Å². The van der Waals surface area contributed by atoms with Crippen LogP contribution in [0.5, 0.6) is 5.75 Å². The number of pyridine rings is 1. The Labute approximate surface area is 158 Å². The first kappa shape index (κ1) is 17.0. The fourth-order valence-corrected chi connectivity index (χ4v) is 3.32. The molecule has 2 aromatic carbocycles. The molecule has 0 spiro atoms. The van der Waals surface area contributed by atoms with Crippen LogP contribution in [0.25, 0.3) is 22.8 Å². The van der Waals surface area contributed by atoms with Gasteiger partial charge in [0, 0.05) is 34.0 Å². The van der Waals surface area contributed by atoms with Crippen LogP contribution in [-0.4, -0.2) is 12.5 Å². The highest BCUT2D eigenvalue weighted by molar-refractivity contribution is 6.35. The van der Waals surface area contributed by atoms with Crippen LogP contribution in [0.4, 0.5) is 5.69 Å². The molecule has 0 saturated heterocycles. The number of hydrogen-bond acceptors (Lipinski definition) is 2. The number of ether oxygens (including phenoxy) is 1. The number of fused-ring (bicyclic) bond motifs is 1. The SMILES string of the molecule is CCOc1ccccc1C=C1C(=O)Nc2cc(-c3ccc[n+](C)c3)ccc21. The van der Waals surface area contributed by atoms with Gasteiger partial charge in [0.1, 0.15) is 12.8 Å². The first-order valence-electron chi connectivity index (χ1n) is 9.00. The van der Waals surface area contributed by atoms with Gasteiger partial charge in [0.05, 0.1) is 6.61 Å². The molecular formula is C23H21N2O2+. The summed E-state index contributed by atoms with van der Waals surface area (Å²) in [5.41, 5.74) is 5.48. The van der Waals surface area contributed by atoms with Crippen molar-refractivity contribution in [3.8, 4) is 16.9 Å². The van der Waals surface area contributed by atoms with Crippen LogP contribution in [-0.2, 0) is 11.8 Å². The number of carbonyl (C=O) groups is 1. The van der Waals surface area contributed by atoms with E-state index in [1.807, 2.05) is 73.3 Å². The molecule has 0 fully saturated rings. The predicted molar refractivity (Wildman–Crippen MR) is 107 cm³/mol. The molecule has 0 unspecified atom stereocenters. The summed E-state index contributed by atoms with van der Waals surface area (Å²) in [6.45, 7) is 2.54. The maximum absolute atomic E-state index is 12.6. The Balaban J connectivity index is 1.74. The van der Waals surface area contributed by atoms with E-state index in [1.54, 1.807) is 0 Å². The standard InChI is InChI=1S/C23H20N2O2/c1-3-27-22-9-5-4-7-17(22)13-20-19-11-10-16(14-21(19)24-23(20)26)18-8-6-12-25(2)15-18/h4-15H,3H2,1-2H3/p+1. The average Bonchev–Trinajstić information content (AvgIpc) is 2.98. The quantitative estimate of drug-likeness (QED) is 0.565. The molecule has 1 aromatic heterocycles. The number of nitrogens with zero attached hydrogens (tertiary/aromatic N) is 1. The summed E-state index contributed by atoms with van der Waals surface area (Å²) >= 11 is 0. The van der Waals surface area contributed by atoms with Crippen molar-refractivity contribution in [2.45, 2.75) is 6.92 Å². The zero-order valence-electron chi connectivity index (χ0n) is 15.4. The maximum atomic E-state index is 12.6. The van der Waals surface area contributed by atoms with E-state index in [0.29, 0.717) is 12.2 Å². The summed E-state index contributed by atoms with van der Waals surface area (Å²) in [7, 11) is 2.00. The summed E-state index contributed by atoms with van der Waals surface area (Å²) in [4.78, 5) is 12.6. The lowest BCUT2D eigenvalue weighted by Gasteiger charge is -2.07. The number of para-hydroxylation sites is 1. The Bertz CT molecular complexity index is 1050. The highest BCUT2D eigenvalue weighted by atomic mass is 16.5. The molecule has 0 aliphatic carbocycles. The van der Waals surface area contributed by atoms with Gasteiger partial charge in [-0.2, -0.15) is 0 Å². The van der Waals surface area contributed by atoms with Gasteiger partial charge in [-0.05, 0) is 36.8 Å². The average molecular weight is 357 g/mol. The second kappa shape index (κ2) is 7.08. The zero-order chi connectivity index (χ0) is 18.8. The number of benzene rings is 2. The lowest BCUT2D eigenvalue weighted by atomic mass is 10.00. The summed E-state index contributed by atoms with van der Waals surface area (Å²) in [5, 5.41) is 2.99. The second-order valence-corrected chi connectivity index (χ2v) is 6.50. The minimum Gasteiger partial charge on any atom is -0.493 e. The van der Waals surface area contributed by atoms with E-state index < -0.39 is 0 Å². The minimum absolute atomic E-state index is 0.0907. The molecular weight excluding hydrogens is 336 g/mol. The number of nitrogens with one attached hydrogen (secondary N) is 1. The highest BCUT2D eigenvalue weighted by Crippen LogP contribution is 2.37. The second-order valence-electron chi connectivity index (χ2n) is 6.50. The molecule has 4 nitrogen and oxygen atoms in total. The van der Waals surface area contributed by atoms with Crippen molar-refractivity contribution in [1.82, 2.24) is 0 Å². The van der Waals surface area contributed by atoms with Crippen molar-refractivity contribution in [2.24, 2.45) is 7.05 Å². The van der Waals surface area contributed by atoms with Crippen LogP contribution in [0, 0.1) is 0 Å². The van der Waals surface area contributed by atoms with E-state index in [0.717, 1.165) is 33.7 Å². The van der Waals surface area contributed by atoms with Gasteiger partial charge in [-0.1, -0.05) is 30.3 Å². The Morgan fingerprint density at radius 3 is 2.74 bits per heavy atom. The molecule has 0 atom stereocenters. The molecule has 1 N–H and O–H groups in total. The van der Waals surface area contributed by atoms with Crippen molar-refractivity contribution in [3.63, 3.8) is 0 Å². The van der Waals surface area contributed by atoms with E-state index in [-0.39, 0.29) is 5.91 Å². The summed E-state index contributed by atoms with van der Waals surface area (Å²) in [6.07, 6.45) is 5.96. The molecule has 0 saturated carbocycles. The Hall–Kier alpha value is -3.40. The van der Waals surface area contributed by atoms with E-state index in [2.05, 4.69) is 23.6 Å². The number of aryl methyl sites for hydroxylation is 1. The third kappa shape index (κ3) is 3.34. The largest absolute Gasteiger partial charge is 0.493 e. The van der Waals surface area contributed by atoms with Gasteiger partial charge in [0.25, 0.3) is 5.91 Å². The van der Waals surface area contributed by atoms with E-state index in [9.17, 15) is 4.79 Å². The van der Waals surface area contributed by atoms with Gasteiger partial charge >= 0.3 is 0 Å². The van der Waals surface area contributed by atoms with Crippen LogP contribution in [0.15, 0.2) is 67.0 Å². The number of rotatable bonds is 4. The summed E-state index contributed by atoms with van der Waals surface area (Å²) in [5.74, 6) is 0.689. The first-order chi connectivity index (χ1) is 13.2. The fourth-order valence-electron chi connectivity index (χ4n) is 3.32.